The molecule has 5 atom stereocenters. The molecule has 2 aliphatic rings. The maximum absolute atomic E-state index is 14.7. The molecule has 0 spiro atoms. The SMILES string of the molecule is COC(=O)c1ccc2c(ccn2C(=O)N[C@H]2C[C@@H](C(=O)N[C@@H]3CCCc4ccccc43)N(C(=O)C(NC(=O)[C@H](C)N(C)C(=O)OC(C)(C)C)C(C)(C)C)C2)c1. The minimum atomic E-state index is -1.09. The fourth-order valence-corrected chi connectivity index (χ4v) is 7.16. The number of benzene rings is 2. The minimum absolute atomic E-state index is 0.00538. The van der Waals surface area contributed by atoms with Crippen LogP contribution in [-0.2, 0) is 30.3 Å². The van der Waals surface area contributed by atoms with Gasteiger partial charge in [-0.1, -0.05) is 45.0 Å². The van der Waals surface area contributed by atoms with Crippen LogP contribution in [-0.4, -0.2) is 101 Å². The molecule has 2 heterocycles. The van der Waals surface area contributed by atoms with Gasteiger partial charge in [0.25, 0.3) is 0 Å². The van der Waals surface area contributed by atoms with Crippen molar-refractivity contribution in [2.75, 3.05) is 20.7 Å². The second-order valence-electron chi connectivity index (χ2n) is 16.6. The van der Waals surface area contributed by atoms with Gasteiger partial charge >= 0.3 is 18.1 Å². The van der Waals surface area contributed by atoms with Crippen LogP contribution in [0.4, 0.5) is 9.59 Å². The van der Waals surface area contributed by atoms with Gasteiger partial charge < -0.3 is 30.3 Å². The maximum Gasteiger partial charge on any atom is 0.410 e. The van der Waals surface area contributed by atoms with E-state index in [1.165, 1.54) is 34.1 Å². The molecule has 0 bridgehead atoms. The Hall–Kier alpha value is -5.40. The number of carbonyl (C=O) groups excluding carboxylic acids is 6. The molecule has 5 amide bonds. The zero-order valence-electron chi connectivity index (χ0n) is 33.2. The van der Waals surface area contributed by atoms with E-state index in [4.69, 9.17) is 9.47 Å². The fourth-order valence-electron chi connectivity index (χ4n) is 7.16. The number of ether oxygens (including phenoxy) is 2. The van der Waals surface area contributed by atoms with E-state index in [-0.39, 0.29) is 24.9 Å². The van der Waals surface area contributed by atoms with Crippen LogP contribution in [0.15, 0.2) is 54.7 Å². The van der Waals surface area contributed by atoms with E-state index in [1.807, 2.05) is 39.0 Å². The monoisotopic (exact) mass is 758 g/mol. The molecule has 1 aromatic heterocycles. The molecule has 0 radical (unpaired) electrons. The zero-order chi connectivity index (χ0) is 40.4. The van der Waals surface area contributed by atoms with Gasteiger partial charge in [-0.25, -0.2) is 14.4 Å². The molecular weight excluding hydrogens is 704 g/mol. The molecule has 14 nitrogen and oxygen atoms in total. The number of fused-ring (bicyclic) bond motifs is 2. The normalized spacial score (nSPS) is 19.4. The van der Waals surface area contributed by atoms with Gasteiger partial charge in [-0.05, 0) is 94.2 Å². The van der Waals surface area contributed by atoms with Crippen molar-refractivity contribution >= 4 is 46.7 Å². The molecule has 1 saturated heterocycles. The van der Waals surface area contributed by atoms with Gasteiger partial charge in [0, 0.05) is 25.2 Å². The Morgan fingerprint density at radius 2 is 1.65 bits per heavy atom. The average Bonchev–Trinajstić information content (AvgIpc) is 3.76. The van der Waals surface area contributed by atoms with Crippen LogP contribution >= 0.6 is 0 Å². The van der Waals surface area contributed by atoms with Crippen LogP contribution < -0.4 is 16.0 Å². The largest absolute Gasteiger partial charge is 0.465 e. The number of rotatable bonds is 8. The number of nitrogens with zero attached hydrogens (tertiary/aromatic N) is 3. The van der Waals surface area contributed by atoms with E-state index in [1.54, 1.807) is 58.2 Å². The highest BCUT2D eigenvalue weighted by atomic mass is 16.6. The van der Waals surface area contributed by atoms with Crippen LogP contribution in [0.2, 0.25) is 0 Å². The number of aryl methyl sites for hydroxylation is 1. The van der Waals surface area contributed by atoms with Crippen molar-refractivity contribution in [2.45, 2.75) is 110 Å². The summed E-state index contributed by atoms with van der Waals surface area (Å²) in [5.41, 5.74) is 1.53. The van der Waals surface area contributed by atoms with Crippen molar-refractivity contribution < 1.29 is 38.2 Å². The molecule has 1 aliphatic carbocycles. The second-order valence-corrected chi connectivity index (χ2v) is 16.6. The van der Waals surface area contributed by atoms with Crippen LogP contribution in [0.25, 0.3) is 10.9 Å². The van der Waals surface area contributed by atoms with Crippen molar-refractivity contribution in [3.63, 3.8) is 0 Å². The molecule has 14 heteroatoms. The number of amides is 5. The van der Waals surface area contributed by atoms with Crippen LogP contribution in [0.3, 0.4) is 0 Å². The maximum atomic E-state index is 14.7. The Morgan fingerprint density at radius 1 is 0.945 bits per heavy atom. The van der Waals surface area contributed by atoms with E-state index in [9.17, 15) is 28.8 Å². The summed E-state index contributed by atoms with van der Waals surface area (Å²) in [4.78, 5) is 83.8. The second kappa shape index (κ2) is 16.1. The van der Waals surface area contributed by atoms with Gasteiger partial charge in [-0.15, -0.1) is 0 Å². The van der Waals surface area contributed by atoms with Crippen molar-refractivity contribution in [3.05, 3.63) is 71.4 Å². The van der Waals surface area contributed by atoms with Crippen LogP contribution in [0, 0.1) is 5.41 Å². The Kier molecular flexibility index (Phi) is 12.0. The number of esters is 1. The summed E-state index contributed by atoms with van der Waals surface area (Å²) in [5, 5.41) is 9.72. The highest BCUT2D eigenvalue weighted by Gasteiger charge is 2.46. The van der Waals surface area contributed by atoms with E-state index >= 15 is 0 Å². The molecule has 1 unspecified atom stereocenters. The quantitative estimate of drug-likeness (QED) is 0.272. The molecule has 1 fully saturated rings. The van der Waals surface area contributed by atoms with E-state index in [0.717, 1.165) is 24.8 Å². The predicted octanol–water partition coefficient (Wildman–Crippen LogP) is 4.94. The third kappa shape index (κ3) is 9.29. The van der Waals surface area contributed by atoms with Gasteiger partial charge in [0.1, 0.15) is 23.7 Å². The Balaban J connectivity index is 1.40. The highest BCUT2D eigenvalue weighted by Crippen LogP contribution is 2.32. The average molecular weight is 759 g/mol. The van der Waals surface area contributed by atoms with Gasteiger partial charge in [-0.3, -0.25) is 23.9 Å². The summed E-state index contributed by atoms with van der Waals surface area (Å²) in [7, 11) is 2.75. The van der Waals surface area contributed by atoms with Gasteiger partial charge in [0.15, 0.2) is 0 Å². The molecule has 3 N–H and O–H groups in total. The first-order chi connectivity index (χ1) is 25.8. The van der Waals surface area contributed by atoms with Crippen molar-refractivity contribution in [1.82, 2.24) is 30.3 Å². The Morgan fingerprint density at radius 3 is 2.33 bits per heavy atom. The molecule has 5 rings (SSSR count). The molecular formula is C41H54N6O8. The first kappa shape index (κ1) is 40.8. The topological polar surface area (TPSA) is 168 Å². The lowest BCUT2D eigenvalue weighted by Crippen LogP contribution is -2.60. The first-order valence-electron chi connectivity index (χ1n) is 18.7. The van der Waals surface area contributed by atoms with Gasteiger partial charge in [-0.2, -0.15) is 0 Å². The van der Waals surface area contributed by atoms with Crippen molar-refractivity contribution in [1.29, 1.82) is 0 Å². The number of nitrogens with one attached hydrogen (secondary N) is 3. The summed E-state index contributed by atoms with van der Waals surface area (Å²) in [6, 6.07) is 10.2. The lowest BCUT2D eigenvalue weighted by atomic mass is 9.85. The molecule has 3 aromatic rings. The Bertz CT molecular complexity index is 1960. The van der Waals surface area contributed by atoms with E-state index < -0.39 is 65.1 Å². The molecule has 296 valence electrons. The highest BCUT2D eigenvalue weighted by molar-refractivity contribution is 5.98. The minimum Gasteiger partial charge on any atom is -0.465 e. The number of likely N-dealkylation sites (N-methyl/N-ethyl adjacent to an activating group) is 1. The lowest BCUT2D eigenvalue weighted by molar-refractivity contribution is -0.144. The molecule has 55 heavy (non-hydrogen) atoms. The zero-order valence-corrected chi connectivity index (χ0v) is 33.2. The number of aromatic nitrogens is 1. The van der Waals surface area contributed by atoms with E-state index in [0.29, 0.717) is 16.5 Å². The lowest BCUT2D eigenvalue weighted by Gasteiger charge is -2.37. The molecule has 1 aliphatic heterocycles. The Labute approximate surface area is 322 Å². The third-order valence-electron chi connectivity index (χ3n) is 10.3. The standard InChI is InChI=1S/C41H54N6O8/c1-24(45(8)39(53)55-41(5,6)7)34(48)44-33(40(2,3)4)36(50)47-23-28(22-32(47)35(49)43-30-16-12-14-25-13-10-11-15-29(25)30)42-38(52)46-20-19-26-21-27(37(51)54-9)17-18-31(26)46/h10-11,13,15,17-21,24,28,30,32-33H,12,14,16,22-23H2,1-9H3,(H,42,52)(H,43,49)(H,44,48)/t24-,28-,30+,32-,33?/m0/s1. The summed E-state index contributed by atoms with van der Waals surface area (Å²) >= 11 is 0. The third-order valence-corrected chi connectivity index (χ3v) is 10.3. The predicted molar refractivity (Wildman–Crippen MR) is 206 cm³/mol. The molecule has 0 saturated carbocycles. The number of carbonyl (C=O) groups is 6. The van der Waals surface area contributed by atoms with Gasteiger partial charge in [0.05, 0.1) is 30.3 Å². The smallest absolute Gasteiger partial charge is 0.410 e. The van der Waals surface area contributed by atoms with Crippen molar-refractivity contribution in [2.24, 2.45) is 5.41 Å². The summed E-state index contributed by atoms with van der Waals surface area (Å²) < 4.78 is 11.7. The van der Waals surface area contributed by atoms with Crippen LogP contribution in [0.1, 0.15) is 95.3 Å². The number of methoxy groups -OCH3 is 1. The van der Waals surface area contributed by atoms with Crippen LogP contribution in [0.5, 0.6) is 0 Å². The summed E-state index contributed by atoms with van der Waals surface area (Å²) in [6.45, 7) is 12.2. The number of hydrogen-bond donors (Lipinski definition) is 3. The number of hydrogen-bond acceptors (Lipinski definition) is 8. The number of likely N-dealkylation sites (tertiary alicyclic amines) is 1. The van der Waals surface area contributed by atoms with Crippen molar-refractivity contribution in [3.8, 4) is 0 Å². The first-order valence-corrected chi connectivity index (χ1v) is 18.7. The van der Waals surface area contributed by atoms with Gasteiger partial charge in [0.2, 0.25) is 17.7 Å². The van der Waals surface area contributed by atoms with E-state index in [2.05, 4.69) is 22.0 Å². The molecule has 2 aromatic carbocycles. The summed E-state index contributed by atoms with van der Waals surface area (Å²) in [5.74, 6) is -1.91. The fraction of sp³-hybridized carbons (Fsp3) is 0.512. The summed E-state index contributed by atoms with van der Waals surface area (Å²) in [6.07, 6.45) is 3.58.